The Morgan fingerprint density at radius 1 is 1.12 bits per heavy atom. The highest BCUT2D eigenvalue weighted by Crippen LogP contribution is 2.19. The van der Waals surface area contributed by atoms with Crippen LogP contribution in [0.5, 0.6) is 0 Å². The summed E-state index contributed by atoms with van der Waals surface area (Å²) in [6, 6.07) is 11.0. The van der Waals surface area contributed by atoms with Crippen LogP contribution in [0.2, 0.25) is 0 Å². The van der Waals surface area contributed by atoms with Gasteiger partial charge in [0, 0.05) is 61.8 Å². The number of carbonyl (C=O) groups excluding carboxylic acids is 2. The van der Waals surface area contributed by atoms with Crippen LogP contribution in [-0.2, 0) is 16.1 Å². The van der Waals surface area contributed by atoms with Gasteiger partial charge in [-0.25, -0.2) is 0 Å². The van der Waals surface area contributed by atoms with Gasteiger partial charge in [-0.15, -0.1) is 0 Å². The zero-order valence-electron chi connectivity index (χ0n) is 19.3. The number of benzene rings is 1. The third kappa shape index (κ3) is 7.14. The molecule has 0 aliphatic carbocycles. The second-order valence-electron chi connectivity index (χ2n) is 9.17. The van der Waals surface area contributed by atoms with E-state index in [9.17, 15) is 9.59 Å². The van der Waals surface area contributed by atoms with Crippen molar-refractivity contribution in [3.8, 4) is 0 Å². The topological polar surface area (TPSA) is 74.8 Å². The molecule has 0 unspecified atom stereocenters. The first-order valence-corrected chi connectivity index (χ1v) is 11.2. The predicted octanol–water partition coefficient (Wildman–Crippen LogP) is 3.43. The minimum absolute atomic E-state index is 0.0457. The predicted molar refractivity (Wildman–Crippen MR) is 125 cm³/mol. The van der Waals surface area contributed by atoms with Crippen molar-refractivity contribution in [1.29, 1.82) is 0 Å². The lowest BCUT2D eigenvalue weighted by molar-refractivity contribution is -0.123. The first kappa shape index (κ1) is 23.9. The van der Waals surface area contributed by atoms with Crippen molar-refractivity contribution in [2.45, 2.75) is 33.7 Å². The van der Waals surface area contributed by atoms with Crippen LogP contribution in [-0.4, -0.2) is 66.0 Å². The van der Waals surface area contributed by atoms with E-state index in [-0.39, 0.29) is 11.8 Å². The monoisotopic (exact) mass is 438 g/mol. The highest BCUT2D eigenvalue weighted by molar-refractivity contribution is 5.98. The summed E-state index contributed by atoms with van der Waals surface area (Å²) in [6.07, 6.45) is 4.38. The van der Waals surface area contributed by atoms with E-state index in [0.29, 0.717) is 24.3 Å². The number of ether oxygens (including phenoxy) is 1. The molecule has 0 atom stereocenters. The van der Waals surface area contributed by atoms with Gasteiger partial charge < -0.3 is 15.0 Å². The molecule has 2 amide bonds. The fourth-order valence-electron chi connectivity index (χ4n) is 3.50. The van der Waals surface area contributed by atoms with Crippen LogP contribution in [0.3, 0.4) is 0 Å². The van der Waals surface area contributed by atoms with Gasteiger partial charge in [0.2, 0.25) is 5.91 Å². The summed E-state index contributed by atoms with van der Waals surface area (Å²) < 4.78 is 5.42. The van der Waals surface area contributed by atoms with Crippen molar-refractivity contribution >= 4 is 17.5 Å². The van der Waals surface area contributed by atoms with Crippen LogP contribution in [0.1, 0.15) is 43.1 Å². The molecule has 1 aliphatic rings. The fourth-order valence-corrected chi connectivity index (χ4v) is 3.50. The highest BCUT2D eigenvalue weighted by Gasteiger charge is 2.22. The minimum Gasteiger partial charge on any atom is -0.379 e. The first-order valence-electron chi connectivity index (χ1n) is 11.2. The molecule has 1 aromatic carbocycles. The Balaban J connectivity index is 1.70. The van der Waals surface area contributed by atoms with Gasteiger partial charge in [0.05, 0.1) is 13.2 Å². The maximum atomic E-state index is 13.4. The lowest BCUT2D eigenvalue weighted by Crippen LogP contribution is -2.39. The van der Waals surface area contributed by atoms with Gasteiger partial charge in [-0.1, -0.05) is 26.8 Å². The molecule has 1 fully saturated rings. The number of nitrogens with zero attached hydrogens (tertiary/aromatic N) is 3. The Labute approximate surface area is 190 Å². The maximum absolute atomic E-state index is 13.4. The molecule has 0 saturated carbocycles. The van der Waals surface area contributed by atoms with Crippen LogP contribution >= 0.6 is 0 Å². The zero-order chi connectivity index (χ0) is 23.0. The van der Waals surface area contributed by atoms with E-state index >= 15 is 0 Å². The summed E-state index contributed by atoms with van der Waals surface area (Å²) >= 11 is 0. The SMILES string of the molecule is CC(C)(C)C(=O)Nc1cccc(C(=O)N(CCCN2CCOCC2)Cc2ccncc2)c1. The zero-order valence-corrected chi connectivity index (χ0v) is 19.3. The number of pyridine rings is 1. The summed E-state index contributed by atoms with van der Waals surface area (Å²) in [5, 5.41) is 2.92. The number of amides is 2. The van der Waals surface area contributed by atoms with Crippen LogP contribution in [0, 0.1) is 5.41 Å². The molecule has 1 saturated heterocycles. The van der Waals surface area contributed by atoms with E-state index in [0.717, 1.165) is 44.8 Å². The smallest absolute Gasteiger partial charge is 0.254 e. The largest absolute Gasteiger partial charge is 0.379 e. The summed E-state index contributed by atoms with van der Waals surface area (Å²) in [5.74, 6) is -0.128. The number of nitrogens with one attached hydrogen (secondary N) is 1. The standard InChI is InChI=1S/C25H34N4O3/c1-25(2,3)24(31)27-22-7-4-6-21(18-22)23(30)29(19-20-8-10-26-11-9-20)13-5-12-28-14-16-32-17-15-28/h4,6-11,18H,5,12-17,19H2,1-3H3,(H,27,31). The summed E-state index contributed by atoms with van der Waals surface area (Å²) in [5.41, 5.74) is 1.73. The van der Waals surface area contributed by atoms with Gasteiger partial charge in [0.15, 0.2) is 0 Å². The third-order valence-electron chi connectivity index (χ3n) is 5.46. The van der Waals surface area contributed by atoms with E-state index < -0.39 is 5.41 Å². The highest BCUT2D eigenvalue weighted by atomic mass is 16.5. The molecule has 7 nitrogen and oxygen atoms in total. The van der Waals surface area contributed by atoms with Crippen LogP contribution in [0.15, 0.2) is 48.8 Å². The number of hydrogen-bond acceptors (Lipinski definition) is 5. The number of rotatable bonds is 8. The molecule has 7 heteroatoms. The van der Waals surface area contributed by atoms with E-state index in [1.807, 2.05) is 49.9 Å². The Kier molecular flexibility index (Phi) is 8.36. The average Bonchev–Trinajstić information content (AvgIpc) is 2.79. The van der Waals surface area contributed by atoms with E-state index in [1.165, 1.54) is 0 Å². The van der Waals surface area contributed by atoms with E-state index in [2.05, 4.69) is 15.2 Å². The lowest BCUT2D eigenvalue weighted by Gasteiger charge is -2.28. The molecule has 0 bridgehead atoms. The van der Waals surface area contributed by atoms with Crippen molar-refractivity contribution in [3.63, 3.8) is 0 Å². The summed E-state index contributed by atoms with van der Waals surface area (Å²) in [6.45, 7) is 11.1. The Bertz CT molecular complexity index is 890. The second-order valence-corrected chi connectivity index (χ2v) is 9.17. The molecule has 172 valence electrons. The van der Waals surface area contributed by atoms with Crippen LogP contribution in [0.25, 0.3) is 0 Å². The molecule has 2 heterocycles. The quantitative estimate of drug-likeness (QED) is 0.684. The summed E-state index contributed by atoms with van der Waals surface area (Å²) in [7, 11) is 0. The molecular formula is C25H34N4O3. The van der Waals surface area contributed by atoms with Crippen molar-refractivity contribution < 1.29 is 14.3 Å². The Morgan fingerprint density at radius 3 is 2.53 bits per heavy atom. The van der Waals surface area contributed by atoms with Crippen molar-refractivity contribution in [2.24, 2.45) is 5.41 Å². The first-order chi connectivity index (χ1) is 15.3. The molecule has 0 radical (unpaired) electrons. The minimum atomic E-state index is -0.507. The maximum Gasteiger partial charge on any atom is 0.254 e. The van der Waals surface area contributed by atoms with E-state index in [4.69, 9.17) is 4.74 Å². The normalized spacial score (nSPS) is 14.7. The number of anilines is 1. The van der Waals surface area contributed by atoms with Crippen LogP contribution in [0.4, 0.5) is 5.69 Å². The summed E-state index contributed by atoms with van der Waals surface area (Å²) in [4.78, 5) is 34.1. The molecule has 1 N–H and O–H groups in total. The number of hydrogen-bond donors (Lipinski definition) is 1. The van der Waals surface area contributed by atoms with Gasteiger partial charge in [-0.05, 0) is 42.3 Å². The van der Waals surface area contributed by atoms with Gasteiger partial charge >= 0.3 is 0 Å². The molecule has 32 heavy (non-hydrogen) atoms. The molecule has 2 aromatic rings. The van der Waals surface area contributed by atoms with Gasteiger partial charge in [-0.2, -0.15) is 0 Å². The number of morpholine rings is 1. The van der Waals surface area contributed by atoms with Crippen molar-refractivity contribution in [1.82, 2.24) is 14.8 Å². The van der Waals surface area contributed by atoms with E-state index in [1.54, 1.807) is 24.5 Å². The average molecular weight is 439 g/mol. The molecule has 0 spiro atoms. The molecule has 1 aliphatic heterocycles. The van der Waals surface area contributed by atoms with Gasteiger partial charge in [-0.3, -0.25) is 19.5 Å². The molecule has 1 aromatic heterocycles. The lowest BCUT2D eigenvalue weighted by atomic mass is 9.95. The molecular weight excluding hydrogens is 404 g/mol. The Hall–Kier alpha value is -2.77. The van der Waals surface area contributed by atoms with Gasteiger partial charge in [0.1, 0.15) is 0 Å². The molecule has 3 rings (SSSR count). The van der Waals surface area contributed by atoms with Gasteiger partial charge in [0.25, 0.3) is 5.91 Å². The van der Waals surface area contributed by atoms with Crippen molar-refractivity contribution in [2.75, 3.05) is 44.7 Å². The second kappa shape index (κ2) is 11.2. The Morgan fingerprint density at radius 2 is 1.84 bits per heavy atom. The number of aromatic nitrogens is 1. The van der Waals surface area contributed by atoms with Crippen LogP contribution < -0.4 is 5.32 Å². The number of carbonyl (C=O) groups is 2. The third-order valence-corrected chi connectivity index (χ3v) is 5.46. The van der Waals surface area contributed by atoms with Crippen molar-refractivity contribution in [3.05, 3.63) is 59.9 Å². The fraction of sp³-hybridized carbons (Fsp3) is 0.480.